The third-order valence-corrected chi connectivity index (χ3v) is 4.89. The molecule has 128 valence electrons. The molecule has 0 aromatic heterocycles. The summed E-state index contributed by atoms with van der Waals surface area (Å²) in [6, 6.07) is 7.62. The number of allylic oxidation sites excluding steroid dienone is 2. The molecule has 0 radical (unpaired) electrons. The van der Waals surface area contributed by atoms with E-state index in [9.17, 15) is 9.59 Å². The van der Waals surface area contributed by atoms with Crippen LogP contribution >= 0.6 is 0 Å². The maximum atomic E-state index is 12.4. The molecule has 4 heteroatoms. The highest BCUT2D eigenvalue weighted by Gasteiger charge is 2.18. The molecule has 1 saturated heterocycles. The van der Waals surface area contributed by atoms with Crippen LogP contribution in [0.3, 0.4) is 0 Å². The molecule has 1 aliphatic heterocycles. The molecule has 1 heterocycles. The molecule has 1 atom stereocenters. The number of amides is 2. The lowest BCUT2D eigenvalue weighted by Crippen LogP contribution is -2.35. The van der Waals surface area contributed by atoms with Gasteiger partial charge in [-0.05, 0) is 55.7 Å². The quantitative estimate of drug-likeness (QED) is 0.844. The molecule has 2 amide bonds. The van der Waals surface area contributed by atoms with Crippen molar-refractivity contribution in [3.05, 3.63) is 47.5 Å². The van der Waals surface area contributed by atoms with Crippen LogP contribution in [0.5, 0.6) is 0 Å². The Balaban J connectivity index is 1.48. The van der Waals surface area contributed by atoms with Crippen LogP contribution in [0.4, 0.5) is 0 Å². The molecular weight excluding hydrogens is 300 g/mol. The lowest BCUT2D eigenvalue weighted by atomic mass is 10.0. The SMILES string of the molecule is O=C(CC1C=CCC1)NCc1ccc(C(=O)N2CCCCC2)cc1. The van der Waals surface area contributed by atoms with Gasteiger partial charge < -0.3 is 10.2 Å². The summed E-state index contributed by atoms with van der Waals surface area (Å²) in [6.07, 6.45) is 10.5. The number of hydrogen-bond donors (Lipinski definition) is 1. The lowest BCUT2D eigenvalue weighted by molar-refractivity contribution is -0.121. The Morgan fingerprint density at radius 1 is 1.08 bits per heavy atom. The largest absolute Gasteiger partial charge is 0.352 e. The molecule has 1 unspecified atom stereocenters. The number of carbonyl (C=O) groups excluding carboxylic acids is 2. The van der Waals surface area contributed by atoms with Crippen LogP contribution in [0.1, 0.15) is 54.4 Å². The second-order valence-corrected chi connectivity index (χ2v) is 6.80. The fourth-order valence-electron chi connectivity index (χ4n) is 3.42. The molecule has 2 aliphatic rings. The van der Waals surface area contributed by atoms with E-state index in [2.05, 4.69) is 17.5 Å². The van der Waals surface area contributed by atoms with Gasteiger partial charge in [0.1, 0.15) is 0 Å². The van der Waals surface area contributed by atoms with Gasteiger partial charge in [-0.15, -0.1) is 0 Å². The highest BCUT2D eigenvalue weighted by atomic mass is 16.2. The van der Waals surface area contributed by atoms with Crippen LogP contribution in [0.25, 0.3) is 0 Å². The van der Waals surface area contributed by atoms with Gasteiger partial charge in [0, 0.05) is 31.6 Å². The Morgan fingerprint density at radius 3 is 2.50 bits per heavy atom. The van der Waals surface area contributed by atoms with Crippen molar-refractivity contribution in [1.82, 2.24) is 10.2 Å². The maximum Gasteiger partial charge on any atom is 0.253 e. The van der Waals surface area contributed by atoms with Crippen molar-refractivity contribution < 1.29 is 9.59 Å². The van der Waals surface area contributed by atoms with Gasteiger partial charge in [-0.1, -0.05) is 24.3 Å². The number of benzene rings is 1. The summed E-state index contributed by atoms with van der Waals surface area (Å²) >= 11 is 0. The van der Waals surface area contributed by atoms with Gasteiger partial charge >= 0.3 is 0 Å². The number of rotatable bonds is 5. The predicted octanol–water partition coefficient (Wildman–Crippen LogP) is 3.29. The van der Waals surface area contributed by atoms with Crippen molar-refractivity contribution >= 4 is 11.8 Å². The van der Waals surface area contributed by atoms with E-state index >= 15 is 0 Å². The number of nitrogens with one attached hydrogen (secondary N) is 1. The van der Waals surface area contributed by atoms with E-state index in [1.165, 1.54) is 6.42 Å². The molecule has 0 saturated carbocycles. The predicted molar refractivity (Wildman–Crippen MR) is 94.5 cm³/mol. The molecule has 24 heavy (non-hydrogen) atoms. The number of piperidine rings is 1. The van der Waals surface area contributed by atoms with Gasteiger partial charge in [0.25, 0.3) is 5.91 Å². The highest BCUT2D eigenvalue weighted by Crippen LogP contribution is 2.20. The molecular formula is C20H26N2O2. The van der Waals surface area contributed by atoms with Crippen molar-refractivity contribution in [3.8, 4) is 0 Å². The number of likely N-dealkylation sites (tertiary alicyclic amines) is 1. The topological polar surface area (TPSA) is 49.4 Å². The van der Waals surface area contributed by atoms with Crippen molar-refractivity contribution in [2.45, 2.75) is 45.1 Å². The van der Waals surface area contributed by atoms with Crippen LogP contribution in [0.15, 0.2) is 36.4 Å². The Labute approximate surface area is 143 Å². The van der Waals surface area contributed by atoms with Crippen LogP contribution in [0.2, 0.25) is 0 Å². The highest BCUT2D eigenvalue weighted by molar-refractivity contribution is 5.94. The van der Waals surface area contributed by atoms with E-state index in [-0.39, 0.29) is 11.8 Å². The van der Waals surface area contributed by atoms with Crippen LogP contribution in [-0.2, 0) is 11.3 Å². The van der Waals surface area contributed by atoms with Crippen molar-refractivity contribution in [1.29, 1.82) is 0 Å². The Kier molecular flexibility index (Phi) is 5.68. The van der Waals surface area contributed by atoms with E-state index in [1.54, 1.807) is 0 Å². The fourth-order valence-corrected chi connectivity index (χ4v) is 3.42. The minimum Gasteiger partial charge on any atom is -0.352 e. The van der Waals surface area contributed by atoms with Gasteiger partial charge in [-0.3, -0.25) is 9.59 Å². The lowest BCUT2D eigenvalue weighted by Gasteiger charge is -2.26. The van der Waals surface area contributed by atoms with Crippen molar-refractivity contribution in [2.24, 2.45) is 5.92 Å². The number of hydrogen-bond acceptors (Lipinski definition) is 2. The molecule has 0 spiro atoms. The third-order valence-electron chi connectivity index (χ3n) is 4.89. The van der Waals surface area contributed by atoms with Gasteiger partial charge in [0.05, 0.1) is 0 Å². The summed E-state index contributed by atoms with van der Waals surface area (Å²) in [5.41, 5.74) is 1.77. The van der Waals surface area contributed by atoms with E-state index in [4.69, 9.17) is 0 Å². The smallest absolute Gasteiger partial charge is 0.253 e. The summed E-state index contributed by atoms with van der Waals surface area (Å²) in [5, 5.41) is 2.97. The minimum absolute atomic E-state index is 0.0972. The maximum absolute atomic E-state index is 12.4. The number of nitrogens with zero attached hydrogens (tertiary/aromatic N) is 1. The molecule has 1 aromatic rings. The zero-order valence-corrected chi connectivity index (χ0v) is 14.2. The molecule has 0 bridgehead atoms. The summed E-state index contributed by atoms with van der Waals surface area (Å²) in [7, 11) is 0. The first-order valence-electron chi connectivity index (χ1n) is 9.04. The molecule has 1 N–H and O–H groups in total. The molecule has 1 aliphatic carbocycles. The van der Waals surface area contributed by atoms with Gasteiger partial charge in [-0.2, -0.15) is 0 Å². The first-order chi connectivity index (χ1) is 11.7. The minimum atomic E-state index is 0.0972. The Morgan fingerprint density at radius 2 is 1.83 bits per heavy atom. The van der Waals surface area contributed by atoms with Crippen LogP contribution in [-0.4, -0.2) is 29.8 Å². The Hall–Kier alpha value is -2.10. The van der Waals surface area contributed by atoms with Crippen molar-refractivity contribution in [2.75, 3.05) is 13.1 Å². The van der Waals surface area contributed by atoms with Gasteiger partial charge in [-0.25, -0.2) is 0 Å². The van der Waals surface area contributed by atoms with Gasteiger partial charge in [0.15, 0.2) is 0 Å². The third kappa shape index (κ3) is 4.47. The molecule has 4 nitrogen and oxygen atoms in total. The summed E-state index contributed by atoms with van der Waals surface area (Å²) < 4.78 is 0. The fraction of sp³-hybridized carbons (Fsp3) is 0.500. The first-order valence-corrected chi connectivity index (χ1v) is 9.04. The van der Waals surface area contributed by atoms with E-state index in [1.807, 2.05) is 29.2 Å². The average Bonchev–Trinajstić information content (AvgIpc) is 3.13. The zero-order valence-electron chi connectivity index (χ0n) is 14.2. The van der Waals surface area contributed by atoms with E-state index in [0.29, 0.717) is 18.9 Å². The summed E-state index contributed by atoms with van der Waals surface area (Å²) in [5.74, 6) is 0.618. The van der Waals surface area contributed by atoms with E-state index in [0.717, 1.165) is 49.9 Å². The van der Waals surface area contributed by atoms with Crippen molar-refractivity contribution in [3.63, 3.8) is 0 Å². The van der Waals surface area contributed by atoms with Crippen LogP contribution < -0.4 is 5.32 Å². The summed E-state index contributed by atoms with van der Waals surface area (Å²) in [6.45, 7) is 2.26. The standard InChI is InChI=1S/C20H26N2O2/c23-19(14-16-6-2-3-7-16)21-15-17-8-10-18(11-9-17)20(24)22-12-4-1-5-13-22/h2,6,8-11,16H,1,3-5,7,12-15H2,(H,21,23). The molecule has 3 rings (SSSR count). The Bertz CT molecular complexity index is 601. The normalized spacial score (nSPS) is 20.2. The second kappa shape index (κ2) is 8.13. The summed E-state index contributed by atoms with van der Waals surface area (Å²) in [4.78, 5) is 26.3. The first kappa shape index (κ1) is 16.7. The monoisotopic (exact) mass is 326 g/mol. The molecule has 1 aromatic carbocycles. The van der Waals surface area contributed by atoms with Crippen LogP contribution in [0, 0.1) is 5.92 Å². The zero-order chi connectivity index (χ0) is 16.8. The second-order valence-electron chi connectivity index (χ2n) is 6.80. The van der Waals surface area contributed by atoms with E-state index < -0.39 is 0 Å². The molecule has 1 fully saturated rings. The number of carbonyl (C=O) groups is 2. The average molecular weight is 326 g/mol. The van der Waals surface area contributed by atoms with Gasteiger partial charge in [0.2, 0.25) is 5.91 Å².